The lowest BCUT2D eigenvalue weighted by Gasteiger charge is -2.31. The molecule has 1 amide bonds. The van der Waals surface area contributed by atoms with E-state index in [0.717, 1.165) is 13.0 Å². The molecule has 9 heteroatoms. The van der Waals surface area contributed by atoms with Crippen LogP contribution >= 0.6 is 0 Å². The third kappa shape index (κ3) is 4.90. The number of hydrogen-bond donors (Lipinski definition) is 1. The van der Waals surface area contributed by atoms with Crippen molar-refractivity contribution in [1.29, 1.82) is 0 Å². The number of nitrogens with zero attached hydrogens (tertiary/aromatic N) is 3. The number of benzene rings is 1. The minimum absolute atomic E-state index is 0.0831. The Morgan fingerprint density at radius 3 is 2.79 bits per heavy atom. The van der Waals surface area contributed by atoms with Gasteiger partial charge in [-0.1, -0.05) is 0 Å². The first-order valence-electron chi connectivity index (χ1n) is 9.38. The van der Waals surface area contributed by atoms with Crippen molar-refractivity contribution >= 4 is 15.9 Å². The van der Waals surface area contributed by atoms with Crippen LogP contribution in [0.15, 0.2) is 47.9 Å². The van der Waals surface area contributed by atoms with E-state index in [1.807, 2.05) is 10.8 Å². The van der Waals surface area contributed by atoms with Crippen molar-refractivity contribution in [2.75, 3.05) is 26.7 Å². The van der Waals surface area contributed by atoms with Crippen molar-refractivity contribution in [2.24, 2.45) is 5.92 Å². The van der Waals surface area contributed by atoms with Crippen LogP contribution in [0, 0.1) is 5.92 Å². The van der Waals surface area contributed by atoms with Crippen LogP contribution in [0.25, 0.3) is 0 Å². The molecule has 3 rings (SSSR count). The minimum Gasteiger partial charge on any atom is -0.497 e. The second-order valence-electron chi connectivity index (χ2n) is 6.82. The molecule has 1 aliphatic rings. The van der Waals surface area contributed by atoms with Gasteiger partial charge in [0.2, 0.25) is 15.9 Å². The number of carbonyl (C=O) groups is 1. The first kappa shape index (κ1) is 20.3. The fourth-order valence-corrected chi connectivity index (χ4v) is 4.83. The van der Waals surface area contributed by atoms with Crippen LogP contribution in [0.3, 0.4) is 0 Å². The Kier molecular flexibility index (Phi) is 6.69. The quantitative estimate of drug-likeness (QED) is 0.671. The van der Waals surface area contributed by atoms with E-state index < -0.39 is 10.0 Å². The van der Waals surface area contributed by atoms with Crippen LogP contribution in [0.2, 0.25) is 0 Å². The van der Waals surface area contributed by atoms with Crippen LogP contribution in [-0.4, -0.2) is 54.9 Å². The van der Waals surface area contributed by atoms with Crippen LogP contribution in [0.5, 0.6) is 5.75 Å². The molecule has 8 nitrogen and oxygen atoms in total. The fraction of sp³-hybridized carbons (Fsp3) is 0.474. The number of nitrogens with one attached hydrogen (secondary N) is 1. The van der Waals surface area contributed by atoms with Gasteiger partial charge in [0, 0.05) is 38.6 Å². The van der Waals surface area contributed by atoms with E-state index in [-0.39, 0.29) is 23.3 Å². The van der Waals surface area contributed by atoms with Gasteiger partial charge in [-0.3, -0.25) is 4.79 Å². The van der Waals surface area contributed by atoms with Crippen molar-refractivity contribution in [3.8, 4) is 5.75 Å². The number of rotatable bonds is 8. The fourth-order valence-electron chi connectivity index (χ4n) is 3.31. The standard InChI is InChI=1S/C19H26N4O4S/c1-27-17-5-7-18(8-6-17)28(25,26)23-12-2-4-16(14-23)19(24)21-9-3-11-22-13-10-20-15-22/h5-8,10,13,15-16H,2-4,9,11-12,14H2,1H3,(H,21,24)/t16-/m0/s1. The highest BCUT2D eigenvalue weighted by atomic mass is 32.2. The average Bonchev–Trinajstić information content (AvgIpc) is 3.24. The Bertz CT molecular complexity index is 866. The Labute approximate surface area is 165 Å². The first-order chi connectivity index (χ1) is 13.5. The zero-order chi connectivity index (χ0) is 20.0. The van der Waals surface area contributed by atoms with E-state index in [0.29, 0.717) is 31.7 Å². The number of aryl methyl sites for hydroxylation is 1. The number of carbonyl (C=O) groups excluding carboxylic acids is 1. The molecule has 152 valence electrons. The van der Waals surface area contributed by atoms with Gasteiger partial charge >= 0.3 is 0 Å². The summed E-state index contributed by atoms with van der Waals surface area (Å²) in [5, 5.41) is 2.93. The highest BCUT2D eigenvalue weighted by Crippen LogP contribution is 2.25. The molecule has 0 aliphatic carbocycles. The van der Waals surface area contributed by atoms with Crippen molar-refractivity contribution in [3.63, 3.8) is 0 Å². The molecule has 1 aliphatic heterocycles. The molecule has 0 bridgehead atoms. The van der Waals surface area contributed by atoms with Gasteiger partial charge in [-0.25, -0.2) is 13.4 Å². The highest BCUT2D eigenvalue weighted by Gasteiger charge is 2.33. The van der Waals surface area contributed by atoms with Gasteiger partial charge in [-0.15, -0.1) is 0 Å². The third-order valence-electron chi connectivity index (χ3n) is 4.90. The molecule has 2 heterocycles. The average molecular weight is 407 g/mol. The summed E-state index contributed by atoms with van der Waals surface area (Å²) in [6.07, 6.45) is 7.50. The Balaban J connectivity index is 1.54. The maximum Gasteiger partial charge on any atom is 0.243 e. The number of methoxy groups -OCH3 is 1. The van der Waals surface area contributed by atoms with Crippen molar-refractivity contribution < 1.29 is 17.9 Å². The summed E-state index contributed by atoms with van der Waals surface area (Å²) in [5.41, 5.74) is 0. The van der Waals surface area contributed by atoms with E-state index in [2.05, 4.69) is 10.3 Å². The summed E-state index contributed by atoms with van der Waals surface area (Å²) < 4.78 is 34.2. The number of ether oxygens (including phenoxy) is 1. The molecule has 0 spiro atoms. The Morgan fingerprint density at radius 1 is 1.32 bits per heavy atom. The predicted molar refractivity (Wildman–Crippen MR) is 104 cm³/mol. The first-order valence-corrected chi connectivity index (χ1v) is 10.8. The molecule has 1 saturated heterocycles. The topological polar surface area (TPSA) is 93.5 Å². The predicted octanol–water partition coefficient (Wildman–Crippen LogP) is 1.50. The summed E-state index contributed by atoms with van der Waals surface area (Å²) in [5.74, 6) is 0.195. The molecule has 0 saturated carbocycles. The highest BCUT2D eigenvalue weighted by molar-refractivity contribution is 7.89. The zero-order valence-corrected chi connectivity index (χ0v) is 16.8. The van der Waals surface area contributed by atoms with Crippen LogP contribution in [0.4, 0.5) is 0 Å². The molecule has 1 aromatic carbocycles. The molecular formula is C19H26N4O4S. The molecule has 1 aromatic heterocycles. The molecule has 1 fully saturated rings. The second kappa shape index (κ2) is 9.20. The Hall–Kier alpha value is -2.39. The maximum absolute atomic E-state index is 12.9. The van der Waals surface area contributed by atoms with Gasteiger partial charge < -0.3 is 14.6 Å². The van der Waals surface area contributed by atoms with Gasteiger partial charge in [0.15, 0.2) is 0 Å². The third-order valence-corrected chi connectivity index (χ3v) is 6.78. The zero-order valence-electron chi connectivity index (χ0n) is 16.0. The number of aromatic nitrogens is 2. The number of piperidine rings is 1. The lowest BCUT2D eigenvalue weighted by molar-refractivity contribution is -0.126. The summed E-state index contributed by atoms with van der Waals surface area (Å²) in [6.45, 7) is 1.97. The smallest absolute Gasteiger partial charge is 0.243 e. The van der Waals surface area contributed by atoms with E-state index in [9.17, 15) is 13.2 Å². The molecule has 0 unspecified atom stereocenters. The van der Waals surface area contributed by atoms with Gasteiger partial charge in [0.25, 0.3) is 0 Å². The SMILES string of the molecule is COc1ccc(S(=O)(=O)N2CCC[C@H](C(=O)NCCCn3ccnc3)C2)cc1. The second-order valence-corrected chi connectivity index (χ2v) is 8.76. The van der Waals surface area contributed by atoms with Crippen LogP contribution < -0.4 is 10.1 Å². The lowest BCUT2D eigenvalue weighted by Crippen LogP contribution is -2.45. The Morgan fingerprint density at radius 2 is 2.11 bits per heavy atom. The van der Waals surface area contributed by atoms with Crippen molar-refractivity contribution in [3.05, 3.63) is 43.0 Å². The van der Waals surface area contributed by atoms with Gasteiger partial charge in [0.05, 0.1) is 24.3 Å². The minimum atomic E-state index is -3.62. The summed E-state index contributed by atoms with van der Waals surface area (Å²) >= 11 is 0. The molecular weight excluding hydrogens is 380 g/mol. The van der Waals surface area contributed by atoms with Crippen molar-refractivity contribution in [2.45, 2.75) is 30.7 Å². The summed E-state index contributed by atoms with van der Waals surface area (Å²) in [7, 11) is -2.09. The van der Waals surface area contributed by atoms with Crippen LogP contribution in [-0.2, 0) is 21.4 Å². The summed E-state index contributed by atoms with van der Waals surface area (Å²) in [4.78, 5) is 16.7. The number of imidazole rings is 1. The normalized spacial score (nSPS) is 18.0. The lowest BCUT2D eigenvalue weighted by atomic mass is 9.99. The van der Waals surface area contributed by atoms with Gasteiger partial charge in [-0.05, 0) is 43.5 Å². The summed E-state index contributed by atoms with van der Waals surface area (Å²) in [6, 6.07) is 6.32. The molecule has 2 aromatic rings. The maximum atomic E-state index is 12.9. The van der Waals surface area contributed by atoms with E-state index in [1.54, 1.807) is 24.7 Å². The van der Waals surface area contributed by atoms with Crippen molar-refractivity contribution in [1.82, 2.24) is 19.2 Å². The molecule has 1 atom stereocenters. The van der Waals surface area contributed by atoms with E-state index in [1.165, 1.54) is 23.5 Å². The largest absolute Gasteiger partial charge is 0.497 e. The monoisotopic (exact) mass is 406 g/mol. The number of hydrogen-bond acceptors (Lipinski definition) is 5. The molecule has 28 heavy (non-hydrogen) atoms. The van der Waals surface area contributed by atoms with Gasteiger partial charge in [-0.2, -0.15) is 4.31 Å². The van der Waals surface area contributed by atoms with E-state index in [4.69, 9.17) is 4.74 Å². The molecule has 1 N–H and O–H groups in total. The molecule has 0 radical (unpaired) electrons. The number of sulfonamides is 1. The number of amides is 1. The van der Waals surface area contributed by atoms with Gasteiger partial charge in [0.1, 0.15) is 5.75 Å². The van der Waals surface area contributed by atoms with E-state index >= 15 is 0 Å². The van der Waals surface area contributed by atoms with Crippen LogP contribution in [0.1, 0.15) is 19.3 Å².